The van der Waals surface area contributed by atoms with Gasteiger partial charge in [-0.05, 0) is 36.8 Å². The number of hydrogen-bond donors (Lipinski definition) is 1. The number of aryl methyl sites for hydroxylation is 2. The molecule has 15 heavy (non-hydrogen) atoms. The molecule has 0 aliphatic rings. The largest absolute Gasteiger partial charge is 0.370 e. The zero-order valence-corrected chi connectivity index (χ0v) is 9.33. The van der Waals surface area contributed by atoms with E-state index in [0.717, 1.165) is 25.7 Å². The lowest BCUT2D eigenvalue weighted by Crippen LogP contribution is -2.09. The fourth-order valence-corrected chi connectivity index (χ4v) is 1.76. The quantitative estimate of drug-likeness (QED) is 0.712. The van der Waals surface area contributed by atoms with Crippen molar-refractivity contribution in [3.8, 4) is 0 Å². The van der Waals surface area contributed by atoms with Gasteiger partial charge in [-0.1, -0.05) is 31.2 Å². The lowest BCUT2D eigenvalue weighted by molar-refractivity contribution is -0.118. The molecule has 0 atom stereocenters. The van der Waals surface area contributed by atoms with Crippen molar-refractivity contribution in [3.05, 3.63) is 35.4 Å². The van der Waals surface area contributed by atoms with Crippen LogP contribution in [-0.4, -0.2) is 5.91 Å². The summed E-state index contributed by atoms with van der Waals surface area (Å²) < 4.78 is 0. The van der Waals surface area contributed by atoms with Crippen molar-refractivity contribution in [1.29, 1.82) is 0 Å². The Kier molecular flexibility index (Phi) is 4.88. The van der Waals surface area contributed by atoms with Crippen LogP contribution >= 0.6 is 0 Å². The molecular weight excluding hydrogens is 186 g/mol. The smallest absolute Gasteiger partial charge is 0.217 e. The normalized spacial score (nSPS) is 10.2. The number of primary amides is 1. The van der Waals surface area contributed by atoms with E-state index in [-0.39, 0.29) is 5.91 Å². The molecule has 0 radical (unpaired) electrons. The SMILES string of the molecule is CCc1ccccc1CCCCC(N)=O. The van der Waals surface area contributed by atoms with Crippen LogP contribution in [0.2, 0.25) is 0 Å². The van der Waals surface area contributed by atoms with Crippen LogP contribution in [0.3, 0.4) is 0 Å². The third-order valence-corrected chi connectivity index (χ3v) is 2.62. The summed E-state index contributed by atoms with van der Waals surface area (Å²) in [4.78, 5) is 10.6. The maximum absolute atomic E-state index is 10.6. The monoisotopic (exact) mass is 205 g/mol. The molecule has 1 aromatic rings. The van der Waals surface area contributed by atoms with Crippen LogP contribution < -0.4 is 5.73 Å². The number of carbonyl (C=O) groups is 1. The molecule has 0 heterocycles. The number of unbranched alkanes of at least 4 members (excludes halogenated alkanes) is 1. The van der Waals surface area contributed by atoms with Gasteiger partial charge < -0.3 is 5.73 Å². The van der Waals surface area contributed by atoms with E-state index in [4.69, 9.17) is 5.73 Å². The van der Waals surface area contributed by atoms with Crippen molar-refractivity contribution in [1.82, 2.24) is 0 Å². The van der Waals surface area contributed by atoms with E-state index in [1.165, 1.54) is 11.1 Å². The Morgan fingerprint density at radius 3 is 2.47 bits per heavy atom. The molecule has 2 nitrogen and oxygen atoms in total. The van der Waals surface area contributed by atoms with Gasteiger partial charge in [0.25, 0.3) is 0 Å². The summed E-state index contributed by atoms with van der Waals surface area (Å²) in [5, 5.41) is 0. The molecule has 1 aromatic carbocycles. The molecule has 0 aliphatic heterocycles. The molecular formula is C13H19NO. The van der Waals surface area contributed by atoms with Gasteiger partial charge in [0.1, 0.15) is 0 Å². The molecule has 0 unspecified atom stereocenters. The number of nitrogens with two attached hydrogens (primary N) is 1. The molecule has 0 bridgehead atoms. The Morgan fingerprint density at radius 2 is 1.87 bits per heavy atom. The summed E-state index contributed by atoms with van der Waals surface area (Å²) in [6, 6.07) is 8.49. The van der Waals surface area contributed by atoms with Crippen molar-refractivity contribution >= 4 is 5.91 Å². The van der Waals surface area contributed by atoms with Crippen LogP contribution in [0, 0.1) is 0 Å². The Bertz CT molecular complexity index is 320. The van der Waals surface area contributed by atoms with Gasteiger partial charge in [-0.3, -0.25) is 4.79 Å². The first-order chi connectivity index (χ1) is 7.24. The first kappa shape index (κ1) is 11.8. The van der Waals surface area contributed by atoms with Crippen molar-refractivity contribution in [2.45, 2.75) is 39.0 Å². The minimum atomic E-state index is -0.196. The third-order valence-electron chi connectivity index (χ3n) is 2.62. The Morgan fingerprint density at radius 1 is 1.20 bits per heavy atom. The molecule has 2 N–H and O–H groups in total. The van der Waals surface area contributed by atoms with Crippen LogP contribution in [-0.2, 0) is 17.6 Å². The lowest BCUT2D eigenvalue weighted by atomic mass is 10.00. The van der Waals surface area contributed by atoms with Gasteiger partial charge in [0.15, 0.2) is 0 Å². The van der Waals surface area contributed by atoms with E-state index >= 15 is 0 Å². The van der Waals surface area contributed by atoms with E-state index in [0.29, 0.717) is 6.42 Å². The third kappa shape index (κ3) is 4.15. The molecule has 1 rings (SSSR count). The number of carbonyl (C=O) groups excluding carboxylic acids is 1. The van der Waals surface area contributed by atoms with Crippen LogP contribution in [0.15, 0.2) is 24.3 Å². The molecule has 0 aromatic heterocycles. The van der Waals surface area contributed by atoms with Crippen molar-refractivity contribution in [3.63, 3.8) is 0 Å². The van der Waals surface area contributed by atoms with Gasteiger partial charge in [0.05, 0.1) is 0 Å². The van der Waals surface area contributed by atoms with E-state index in [2.05, 4.69) is 31.2 Å². The molecule has 1 amide bonds. The van der Waals surface area contributed by atoms with Crippen molar-refractivity contribution in [2.75, 3.05) is 0 Å². The minimum Gasteiger partial charge on any atom is -0.370 e. The number of amides is 1. The van der Waals surface area contributed by atoms with Gasteiger partial charge in [0, 0.05) is 6.42 Å². The average molecular weight is 205 g/mol. The fraction of sp³-hybridized carbons (Fsp3) is 0.462. The fourth-order valence-electron chi connectivity index (χ4n) is 1.76. The second kappa shape index (κ2) is 6.23. The molecule has 0 saturated heterocycles. The highest BCUT2D eigenvalue weighted by Crippen LogP contribution is 2.13. The molecule has 0 spiro atoms. The van der Waals surface area contributed by atoms with Crippen molar-refractivity contribution < 1.29 is 4.79 Å². The zero-order valence-electron chi connectivity index (χ0n) is 9.33. The van der Waals surface area contributed by atoms with Crippen molar-refractivity contribution in [2.24, 2.45) is 5.73 Å². The van der Waals surface area contributed by atoms with Crippen LogP contribution in [0.4, 0.5) is 0 Å². The van der Waals surface area contributed by atoms with E-state index < -0.39 is 0 Å². The minimum absolute atomic E-state index is 0.196. The van der Waals surface area contributed by atoms with Crippen LogP contribution in [0.5, 0.6) is 0 Å². The summed E-state index contributed by atoms with van der Waals surface area (Å²) in [6.45, 7) is 2.17. The van der Waals surface area contributed by atoms with E-state index in [9.17, 15) is 4.79 Å². The first-order valence-electron chi connectivity index (χ1n) is 5.59. The van der Waals surface area contributed by atoms with E-state index in [1.807, 2.05) is 0 Å². The Labute approximate surface area is 91.5 Å². The summed E-state index contributed by atoms with van der Waals surface area (Å²) in [5.41, 5.74) is 7.91. The Balaban J connectivity index is 2.39. The predicted octanol–water partition coefficient (Wildman–Crippen LogP) is 2.45. The van der Waals surface area contributed by atoms with Gasteiger partial charge in [-0.2, -0.15) is 0 Å². The van der Waals surface area contributed by atoms with E-state index in [1.54, 1.807) is 0 Å². The van der Waals surface area contributed by atoms with Crippen LogP contribution in [0.25, 0.3) is 0 Å². The number of rotatable bonds is 6. The second-order valence-electron chi connectivity index (χ2n) is 3.80. The first-order valence-corrected chi connectivity index (χ1v) is 5.59. The van der Waals surface area contributed by atoms with Gasteiger partial charge >= 0.3 is 0 Å². The topological polar surface area (TPSA) is 43.1 Å². The summed E-state index contributed by atoms with van der Waals surface area (Å²) >= 11 is 0. The molecule has 0 saturated carbocycles. The predicted molar refractivity (Wildman–Crippen MR) is 62.6 cm³/mol. The molecule has 82 valence electrons. The standard InChI is InChI=1S/C13H19NO/c1-2-11-7-3-4-8-12(11)9-5-6-10-13(14)15/h3-4,7-8H,2,5-6,9-10H2,1H3,(H2,14,15). The van der Waals surface area contributed by atoms with Gasteiger partial charge in [-0.15, -0.1) is 0 Å². The second-order valence-corrected chi connectivity index (χ2v) is 3.80. The zero-order chi connectivity index (χ0) is 11.1. The Hall–Kier alpha value is -1.31. The average Bonchev–Trinajstić information content (AvgIpc) is 2.24. The molecule has 0 aliphatic carbocycles. The van der Waals surface area contributed by atoms with Crippen LogP contribution in [0.1, 0.15) is 37.3 Å². The highest BCUT2D eigenvalue weighted by Gasteiger charge is 2.00. The molecule has 0 fully saturated rings. The maximum Gasteiger partial charge on any atom is 0.217 e. The highest BCUT2D eigenvalue weighted by atomic mass is 16.1. The summed E-state index contributed by atoms with van der Waals surface area (Å²) in [7, 11) is 0. The number of hydrogen-bond acceptors (Lipinski definition) is 1. The summed E-state index contributed by atoms with van der Waals surface area (Å²) in [5.74, 6) is -0.196. The molecule has 2 heteroatoms. The lowest BCUT2D eigenvalue weighted by Gasteiger charge is -2.06. The maximum atomic E-state index is 10.6. The van der Waals surface area contributed by atoms with Gasteiger partial charge in [0.2, 0.25) is 5.91 Å². The highest BCUT2D eigenvalue weighted by molar-refractivity contribution is 5.73. The van der Waals surface area contributed by atoms with Gasteiger partial charge in [-0.25, -0.2) is 0 Å². The summed E-state index contributed by atoms with van der Waals surface area (Å²) in [6.07, 6.45) is 4.57. The number of benzene rings is 1.